The number of ether oxygens (including phenoxy) is 2. The van der Waals surface area contributed by atoms with E-state index in [1.807, 2.05) is 10.6 Å². The molecule has 0 atom stereocenters. The first kappa shape index (κ1) is 21.2. The highest BCUT2D eigenvalue weighted by Gasteiger charge is 2.21. The van der Waals surface area contributed by atoms with E-state index >= 15 is 0 Å². The van der Waals surface area contributed by atoms with Gasteiger partial charge in [-0.25, -0.2) is 28.1 Å². The van der Waals surface area contributed by atoms with Gasteiger partial charge in [-0.05, 0) is 19.4 Å². The van der Waals surface area contributed by atoms with Crippen molar-refractivity contribution < 1.29 is 17.9 Å². The molecule has 0 unspecified atom stereocenters. The van der Waals surface area contributed by atoms with Gasteiger partial charge in [0.1, 0.15) is 6.33 Å². The van der Waals surface area contributed by atoms with Gasteiger partial charge in [-0.3, -0.25) is 0 Å². The van der Waals surface area contributed by atoms with Crippen LogP contribution in [0.2, 0.25) is 0 Å². The Labute approximate surface area is 183 Å². The summed E-state index contributed by atoms with van der Waals surface area (Å²) < 4.78 is 38.7. The molecule has 3 N–H and O–H groups in total. The number of hydrogen-bond donors (Lipinski definition) is 2. The lowest BCUT2D eigenvalue weighted by Crippen LogP contribution is -2.27. The van der Waals surface area contributed by atoms with Gasteiger partial charge in [-0.2, -0.15) is 0 Å². The van der Waals surface area contributed by atoms with Crippen LogP contribution in [-0.4, -0.2) is 47.0 Å². The summed E-state index contributed by atoms with van der Waals surface area (Å²) in [5.74, 6) is 4.17. The molecule has 1 aliphatic heterocycles. The zero-order valence-corrected chi connectivity index (χ0v) is 18.3. The SMILES string of the molecule is C#Cc1cc2c(cc1Sc1nc3c(N)ncnc3n1CCCNS(=O)(=O)CC)OCO2. The molecule has 31 heavy (non-hydrogen) atoms. The number of anilines is 1. The van der Waals surface area contributed by atoms with Crippen LogP contribution in [0.4, 0.5) is 5.82 Å². The number of hydrogen-bond acceptors (Lipinski definition) is 9. The molecule has 162 valence electrons. The van der Waals surface area contributed by atoms with Crippen molar-refractivity contribution in [2.45, 2.75) is 29.9 Å². The molecule has 1 aliphatic rings. The van der Waals surface area contributed by atoms with Crippen molar-refractivity contribution in [3.63, 3.8) is 0 Å². The lowest BCUT2D eigenvalue weighted by Gasteiger charge is -2.10. The molecule has 0 radical (unpaired) electrons. The van der Waals surface area contributed by atoms with Crippen LogP contribution in [0.1, 0.15) is 18.9 Å². The van der Waals surface area contributed by atoms with Gasteiger partial charge >= 0.3 is 0 Å². The molecule has 0 fully saturated rings. The number of nitrogens with one attached hydrogen (secondary N) is 1. The smallest absolute Gasteiger partial charge is 0.231 e. The summed E-state index contributed by atoms with van der Waals surface area (Å²) in [5, 5.41) is 0.607. The van der Waals surface area contributed by atoms with E-state index in [2.05, 4.69) is 25.6 Å². The van der Waals surface area contributed by atoms with Crippen LogP contribution >= 0.6 is 11.8 Å². The van der Waals surface area contributed by atoms with Crippen molar-refractivity contribution in [3.8, 4) is 23.8 Å². The van der Waals surface area contributed by atoms with Gasteiger partial charge < -0.3 is 19.8 Å². The Morgan fingerprint density at radius 1 is 1.32 bits per heavy atom. The average molecular weight is 461 g/mol. The van der Waals surface area contributed by atoms with Gasteiger partial charge in [-0.1, -0.05) is 17.7 Å². The molecule has 2 aromatic heterocycles. The first-order valence-electron chi connectivity index (χ1n) is 9.44. The molecular weight excluding hydrogens is 440 g/mol. The predicted octanol–water partition coefficient (Wildman–Crippen LogP) is 1.60. The van der Waals surface area contributed by atoms with Crippen molar-refractivity contribution in [1.82, 2.24) is 24.2 Å². The van der Waals surface area contributed by atoms with Crippen LogP contribution in [0, 0.1) is 12.3 Å². The fourth-order valence-electron chi connectivity index (χ4n) is 3.00. The Bertz CT molecular complexity index is 1280. The quantitative estimate of drug-likeness (QED) is 0.380. The zero-order chi connectivity index (χ0) is 22.0. The summed E-state index contributed by atoms with van der Waals surface area (Å²) in [4.78, 5) is 13.7. The molecule has 1 aromatic carbocycles. The van der Waals surface area contributed by atoms with E-state index in [0.29, 0.717) is 52.9 Å². The van der Waals surface area contributed by atoms with Crippen LogP contribution in [0.3, 0.4) is 0 Å². The van der Waals surface area contributed by atoms with E-state index in [0.717, 1.165) is 4.90 Å². The third-order valence-corrected chi connectivity index (χ3v) is 7.07. The Morgan fingerprint density at radius 2 is 2.10 bits per heavy atom. The van der Waals surface area contributed by atoms with Crippen LogP contribution in [0.5, 0.6) is 11.5 Å². The number of rotatable bonds is 8. The number of aromatic nitrogens is 4. The fraction of sp³-hybridized carbons (Fsp3) is 0.316. The summed E-state index contributed by atoms with van der Waals surface area (Å²) >= 11 is 1.35. The molecular formula is C19H20N6O4S2. The summed E-state index contributed by atoms with van der Waals surface area (Å²) in [6, 6.07) is 3.57. The minimum atomic E-state index is -3.26. The maximum atomic E-state index is 11.7. The maximum absolute atomic E-state index is 11.7. The average Bonchev–Trinajstić information content (AvgIpc) is 3.35. The maximum Gasteiger partial charge on any atom is 0.231 e. The highest BCUT2D eigenvalue weighted by Crippen LogP contribution is 2.41. The Balaban J connectivity index is 1.66. The summed E-state index contributed by atoms with van der Waals surface area (Å²) in [5.41, 5.74) is 7.68. The van der Waals surface area contributed by atoms with E-state index in [1.165, 1.54) is 18.1 Å². The van der Waals surface area contributed by atoms with E-state index in [-0.39, 0.29) is 18.4 Å². The number of nitrogen functional groups attached to an aromatic ring is 1. The lowest BCUT2D eigenvalue weighted by molar-refractivity contribution is 0.174. The Morgan fingerprint density at radius 3 is 2.84 bits per heavy atom. The normalized spacial score (nSPS) is 12.9. The third kappa shape index (κ3) is 4.39. The van der Waals surface area contributed by atoms with Crippen LogP contribution in [0.15, 0.2) is 28.5 Å². The number of fused-ring (bicyclic) bond motifs is 2. The molecule has 3 heterocycles. The van der Waals surface area contributed by atoms with Crippen LogP contribution in [-0.2, 0) is 16.6 Å². The molecule has 4 rings (SSSR count). The summed E-state index contributed by atoms with van der Waals surface area (Å²) in [7, 11) is -3.26. The minimum Gasteiger partial charge on any atom is -0.454 e. The second-order valence-electron chi connectivity index (χ2n) is 6.58. The minimum absolute atomic E-state index is 0.0326. The summed E-state index contributed by atoms with van der Waals surface area (Å²) in [6.07, 6.45) is 7.60. The van der Waals surface area contributed by atoms with Gasteiger partial charge in [0.2, 0.25) is 16.8 Å². The van der Waals surface area contributed by atoms with Gasteiger partial charge in [0.15, 0.2) is 33.6 Å². The van der Waals surface area contributed by atoms with Gasteiger partial charge in [-0.15, -0.1) is 6.42 Å². The monoisotopic (exact) mass is 460 g/mol. The zero-order valence-electron chi connectivity index (χ0n) is 16.7. The lowest BCUT2D eigenvalue weighted by atomic mass is 10.2. The number of benzene rings is 1. The number of aryl methyl sites for hydroxylation is 1. The van der Waals surface area contributed by atoms with Crippen molar-refractivity contribution in [2.24, 2.45) is 0 Å². The Kier molecular flexibility index (Phi) is 5.90. The van der Waals surface area contributed by atoms with E-state index < -0.39 is 10.0 Å². The molecule has 0 saturated carbocycles. The van der Waals surface area contributed by atoms with Crippen molar-refractivity contribution in [2.75, 3.05) is 24.8 Å². The second kappa shape index (κ2) is 8.62. The number of sulfonamides is 1. The van der Waals surface area contributed by atoms with Crippen molar-refractivity contribution in [1.29, 1.82) is 0 Å². The number of terminal acetylenes is 1. The first-order valence-corrected chi connectivity index (χ1v) is 11.9. The molecule has 0 amide bonds. The largest absolute Gasteiger partial charge is 0.454 e. The van der Waals surface area contributed by atoms with Crippen molar-refractivity contribution in [3.05, 3.63) is 24.0 Å². The highest BCUT2D eigenvalue weighted by atomic mass is 32.2. The number of imidazole rings is 1. The van der Waals surface area contributed by atoms with Gasteiger partial charge in [0.05, 0.1) is 5.75 Å². The van der Waals surface area contributed by atoms with E-state index in [9.17, 15) is 8.42 Å². The molecule has 3 aromatic rings. The van der Waals surface area contributed by atoms with Crippen LogP contribution < -0.4 is 19.9 Å². The predicted molar refractivity (Wildman–Crippen MR) is 116 cm³/mol. The summed E-state index contributed by atoms with van der Waals surface area (Å²) in [6.45, 7) is 2.50. The van der Waals surface area contributed by atoms with Gasteiger partial charge in [0, 0.05) is 29.6 Å². The number of nitrogens with zero attached hydrogens (tertiary/aromatic N) is 4. The Hall–Kier alpha value is -3.01. The topological polar surface area (TPSA) is 134 Å². The van der Waals surface area contributed by atoms with Crippen LogP contribution in [0.25, 0.3) is 11.2 Å². The van der Waals surface area contributed by atoms with Gasteiger partial charge in [0.25, 0.3) is 0 Å². The van der Waals surface area contributed by atoms with Crippen molar-refractivity contribution >= 4 is 38.8 Å². The molecule has 10 nitrogen and oxygen atoms in total. The highest BCUT2D eigenvalue weighted by molar-refractivity contribution is 7.99. The third-order valence-electron chi connectivity index (χ3n) is 4.62. The number of nitrogens with two attached hydrogens (primary N) is 1. The molecule has 12 heteroatoms. The fourth-order valence-corrected chi connectivity index (χ4v) is 4.67. The molecule has 0 saturated heterocycles. The molecule has 0 bridgehead atoms. The molecule has 0 spiro atoms. The second-order valence-corrected chi connectivity index (χ2v) is 9.68. The van der Waals surface area contributed by atoms with E-state index in [1.54, 1.807) is 13.0 Å². The molecule has 0 aliphatic carbocycles. The first-order chi connectivity index (χ1) is 14.9. The van der Waals surface area contributed by atoms with E-state index in [4.69, 9.17) is 21.6 Å². The standard InChI is InChI=1S/C19H20N6O4S2/c1-3-12-8-13-14(29-11-28-13)9-15(12)30-19-24-16-17(20)21-10-22-18(16)25(19)7-5-6-23-31(26,27)4-2/h1,8-10,23H,4-7,11H2,2H3,(H2,20,21,22).